The maximum absolute atomic E-state index is 11.4. The summed E-state index contributed by atoms with van der Waals surface area (Å²) in [6.45, 7) is 0.663. The monoisotopic (exact) mass is 411 g/mol. The SMILES string of the molecule is CNC[C@H]1CCCC[C@]1(O)c1cccc(OC2OC(C(=O)O)[C@@H](O)[C@H](O)[C@H]2O)c1. The zero-order chi connectivity index (χ0) is 21.2. The maximum atomic E-state index is 11.4. The molecule has 9 heteroatoms. The first kappa shape index (κ1) is 21.9. The fraction of sp³-hybridized carbons (Fsp3) is 0.650. The number of ether oxygens (including phenoxy) is 2. The first-order valence-electron chi connectivity index (χ1n) is 9.84. The van der Waals surface area contributed by atoms with E-state index >= 15 is 0 Å². The molecule has 6 N–H and O–H groups in total. The molecule has 1 aliphatic heterocycles. The van der Waals surface area contributed by atoms with Gasteiger partial charge in [-0.25, -0.2) is 4.79 Å². The highest BCUT2D eigenvalue weighted by atomic mass is 16.7. The smallest absolute Gasteiger partial charge is 0.335 e. The van der Waals surface area contributed by atoms with Crippen molar-refractivity contribution in [1.29, 1.82) is 0 Å². The molecule has 0 aromatic heterocycles. The fourth-order valence-corrected chi connectivity index (χ4v) is 4.25. The lowest BCUT2D eigenvalue weighted by molar-refractivity contribution is -0.271. The largest absolute Gasteiger partial charge is 0.479 e. The molecule has 1 heterocycles. The summed E-state index contributed by atoms with van der Waals surface area (Å²) in [4.78, 5) is 11.2. The molecule has 2 fully saturated rings. The summed E-state index contributed by atoms with van der Waals surface area (Å²) >= 11 is 0. The summed E-state index contributed by atoms with van der Waals surface area (Å²) in [6.07, 6.45) is -4.93. The van der Waals surface area contributed by atoms with Gasteiger partial charge < -0.3 is 40.3 Å². The van der Waals surface area contributed by atoms with Gasteiger partial charge in [-0.05, 0) is 37.6 Å². The van der Waals surface area contributed by atoms with Gasteiger partial charge >= 0.3 is 5.97 Å². The Morgan fingerprint density at radius 1 is 1.24 bits per heavy atom. The minimum Gasteiger partial charge on any atom is -0.479 e. The van der Waals surface area contributed by atoms with Crippen molar-refractivity contribution in [3.05, 3.63) is 29.8 Å². The number of carboxylic acids is 1. The minimum absolute atomic E-state index is 0.0291. The molecule has 3 rings (SSSR count). The van der Waals surface area contributed by atoms with Gasteiger partial charge in [0.1, 0.15) is 24.1 Å². The van der Waals surface area contributed by atoms with Gasteiger partial charge in [-0.15, -0.1) is 0 Å². The predicted octanol–water partition coefficient (Wildman–Crippen LogP) is -0.445. The standard InChI is InChI=1S/C20H29NO8/c1-21-10-12-5-2-3-8-20(12,27)11-6-4-7-13(9-11)28-19-16(24)14(22)15(23)17(29-19)18(25)26/h4,6-7,9,12,14-17,19,21-24,27H,2-3,5,8,10H2,1H3,(H,25,26)/t12-,14+,15+,16-,17?,19?,20+/m1/s1. The summed E-state index contributed by atoms with van der Waals surface area (Å²) in [7, 11) is 1.84. The Labute approximate surface area is 168 Å². The van der Waals surface area contributed by atoms with Crippen molar-refractivity contribution >= 4 is 5.97 Å². The van der Waals surface area contributed by atoms with E-state index in [0.717, 1.165) is 19.3 Å². The summed E-state index contributed by atoms with van der Waals surface area (Å²) < 4.78 is 10.8. The Morgan fingerprint density at radius 3 is 2.69 bits per heavy atom. The zero-order valence-corrected chi connectivity index (χ0v) is 16.3. The van der Waals surface area contributed by atoms with Gasteiger partial charge in [-0.2, -0.15) is 0 Å². The highest BCUT2D eigenvalue weighted by Crippen LogP contribution is 2.42. The quantitative estimate of drug-likeness (QED) is 0.366. The number of rotatable bonds is 6. The topological polar surface area (TPSA) is 149 Å². The summed E-state index contributed by atoms with van der Waals surface area (Å²) in [5.41, 5.74) is -0.373. The Bertz CT molecular complexity index is 713. The third kappa shape index (κ3) is 4.40. The van der Waals surface area contributed by atoms with Crippen LogP contribution in [-0.2, 0) is 15.1 Å². The van der Waals surface area contributed by atoms with Crippen LogP contribution in [0.3, 0.4) is 0 Å². The number of hydrogen-bond acceptors (Lipinski definition) is 8. The number of aliphatic hydroxyl groups is 4. The Morgan fingerprint density at radius 2 is 2.00 bits per heavy atom. The van der Waals surface area contributed by atoms with Crippen molar-refractivity contribution in [1.82, 2.24) is 5.32 Å². The molecule has 9 nitrogen and oxygen atoms in total. The van der Waals surface area contributed by atoms with Crippen molar-refractivity contribution < 1.29 is 39.8 Å². The van der Waals surface area contributed by atoms with E-state index in [1.54, 1.807) is 24.3 Å². The highest BCUT2D eigenvalue weighted by Gasteiger charge is 2.48. The van der Waals surface area contributed by atoms with Crippen molar-refractivity contribution in [2.45, 2.75) is 62.0 Å². The molecule has 0 amide bonds. The summed E-state index contributed by atoms with van der Waals surface area (Å²) in [6, 6.07) is 6.73. The molecule has 1 saturated heterocycles. The third-order valence-corrected chi connectivity index (χ3v) is 5.89. The Hall–Kier alpha value is -1.75. The van der Waals surface area contributed by atoms with Gasteiger partial charge in [0.05, 0.1) is 5.60 Å². The Balaban J connectivity index is 1.81. The van der Waals surface area contributed by atoms with E-state index < -0.39 is 42.3 Å². The van der Waals surface area contributed by atoms with Crippen LogP contribution in [0.1, 0.15) is 31.2 Å². The van der Waals surface area contributed by atoms with E-state index in [0.29, 0.717) is 18.5 Å². The number of aliphatic hydroxyl groups excluding tert-OH is 3. The van der Waals surface area contributed by atoms with E-state index in [-0.39, 0.29) is 11.7 Å². The average Bonchev–Trinajstić information content (AvgIpc) is 2.70. The summed E-state index contributed by atoms with van der Waals surface area (Å²) in [5, 5.41) is 53.5. The van der Waals surface area contributed by atoms with Crippen molar-refractivity contribution in [3.8, 4) is 5.75 Å². The lowest BCUT2D eigenvalue weighted by atomic mass is 9.71. The zero-order valence-electron chi connectivity index (χ0n) is 16.3. The molecule has 0 bridgehead atoms. The molecular weight excluding hydrogens is 382 g/mol. The van der Waals surface area contributed by atoms with Crippen LogP contribution in [0, 0.1) is 5.92 Å². The number of aliphatic carboxylic acids is 1. The molecule has 162 valence electrons. The molecule has 29 heavy (non-hydrogen) atoms. The van der Waals surface area contributed by atoms with Crippen LogP contribution in [0.4, 0.5) is 0 Å². The van der Waals surface area contributed by atoms with Crippen LogP contribution >= 0.6 is 0 Å². The van der Waals surface area contributed by atoms with E-state index in [1.807, 2.05) is 7.05 Å². The first-order valence-corrected chi connectivity index (χ1v) is 9.84. The maximum Gasteiger partial charge on any atom is 0.335 e. The lowest BCUT2D eigenvalue weighted by Gasteiger charge is -2.41. The molecule has 7 atom stereocenters. The van der Waals surface area contributed by atoms with Crippen molar-refractivity contribution in [2.75, 3.05) is 13.6 Å². The van der Waals surface area contributed by atoms with E-state index in [2.05, 4.69) is 5.32 Å². The van der Waals surface area contributed by atoms with Crippen LogP contribution in [0.2, 0.25) is 0 Å². The second-order valence-corrected chi connectivity index (χ2v) is 7.81. The van der Waals surface area contributed by atoms with Crippen molar-refractivity contribution in [2.24, 2.45) is 5.92 Å². The fourth-order valence-electron chi connectivity index (χ4n) is 4.25. The Kier molecular flexibility index (Phi) is 6.77. The molecule has 1 aromatic carbocycles. The third-order valence-electron chi connectivity index (χ3n) is 5.89. The van der Waals surface area contributed by atoms with Gasteiger partial charge in [0, 0.05) is 12.5 Å². The summed E-state index contributed by atoms with van der Waals surface area (Å²) in [5.74, 6) is -1.19. The number of benzene rings is 1. The molecule has 1 aliphatic carbocycles. The van der Waals surface area contributed by atoms with Crippen LogP contribution < -0.4 is 10.1 Å². The van der Waals surface area contributed by atoms with E-state index in [9.17, 15) is 25.2 Å². The second kappa shape index (κ2) is 8.95. The van der Waals surface area contributed by atoms with Gasteiger partial charge in [-0.1, -0.05) is 25.0 Å². The molecule has 2 unspecified atom stereocenters. The molecule has 0 spiro atoms. The van der Waals surface area contributed by atoms with E-state index in [4.69, 9.17) is 14.6 Å². The van der Waals surface area contributed by atoms with Crippen LogP contribution in [-0.4, -0.2) is 75.8 Å². The predicted molar refractivity (Wildman–Crippen MR) is 101 cm³/mol. The van der Waals surface area contributed by atoms with E-state index in [1.165, 1.54) is 0 Å². The normalized spacial score (nSPS) is 37.8. The number of carbonyl (C=O) groups is 1. The molecule has 2 aliphatic rings. The first-order chi connectivity index (χ1) is 13.8. The molecular formula is C20H29NO8. The average molecular weight is 411 g/mol. The lowest BCUT2D eigenvalue weighted by Crippen LogP contribution is -2.61. The van der Waals surface area contributed by atoms with Crippen molar-refractivity contribution in [3.63, 3.8) is 0 Å². The number of nitrogens with one attached hydrogen (secondary N) is 1. The second-order valence-electron chi connectivity index (χ2n) is 7.81. The number of carboxylic acid groups (broad SMARTS) is 1. The molecule has 0 radical (unpaired) electrons. The van der Waals surface area contributed by atoms with Crippen LogP contribution in [0.5, 0.6) is 5.75 Å². The molecule has 1 saturated carbocycles. The van der Waals surface area contributed by atoms with Gasteiger partial charge in [-0.3, -0.25) is 0 Å². The molecule has 1 aromatic rings. The van der Waals surface area contributed by atoms with Crippen LogP contribution in [0.25, 0.3) is 0 Å². The van der Waals surface area contributed by atoms with Gasteiger partial charge in [0.15, 0.2) is 6.10 Å². The highest BCUT2D eigenvalue weighted by molar-refractivity contribution is 5.73. The van der Waals surface area contributed by atoms with Crippen LogP contribution in [0.15, 0.2) is 24.3 Å². The minimum atomic E-state index is -1.78. The van der Waals surface area contributed by atoms with Gasteiger partial charge in [0.2, 0.25) is 6.29 Å². The number of hydrogen-bond donors (Lipinski definition) is 6. The van der Waals surface area contributed by atoms with Gasteiger partial charge in [0.25, 0.3) is 0 Å².